The average molecular weight is 237 g/mol. The molecule has 5 nitrogen and oxygen atoms in total. The maximum Gasteiger partial charge on any atom is 0.408 e. The third-order valence-corrected chi connectivity index (χ3v) is 2.16. The Balaban J connectivity index is 2.37. The number of aldehydes is 1. The molecule has 0 fully saturated rings. The van der Waals surface area contributed by atoms with Gasteiger partial charge in [0.25, 0.3) is 0 Å². The Hall–Kier alpha value is -1.88. The summed E-state index contributed by atoms with van der Waals surface area (Å²) in [5.41, 5.74) is 0.849. The number of carbonyl (C=O) groups is 2. The zero-order valence-electron chi connectivity index (χ0n) is 9.50. The summed E-state index contributed by atoms with van der Waals surface area (Å²) in [6.07, 6.45) is -1.21. The lowest BCUT2D eigenvalue weighted by molar-refractivity contribution is -0.111. The quantitative estimate of drug-likeness (QED) is 0.745. The fourth-order valence-electron chi connectivity index (χ4n) is 1.17. The highest BCUT2D eigenvalue weighted by Crippen LogP contribution is 2.00. The second kappa shape index (κ2) is 6.65. The minimum absolute atomic E-state index is 0.123. The maximum absolute atomic E-state index is 11.3. The summed E-state index contributed by atoms with van der Waals surface area (Å²) in [5.74, 6) is 0. The van der Waals surface area contributed by atoms with Crippen molar-refractivity contribution in [3.63, 3.8) is 0 Å². The predicted molar refractivity (Wildman–Crippen MR) is 61.3 cm³/mol. The molecule has 0 radical (unpaired) electrons. The van der Waals surface area contributed by atoms with Gasteiger partial charge in [-0.1, -0.05) is 30.3 Å². The molecular formula is C12H15NO4. The van der Waals surface area contributed by atoms with Crippen LogP contribution in [-0.4, -0.2) is 29.6 Å². The van der Waals surface area contributed by atoms with E-state index < -0.39 is 18.2 Å². The summed E-state index contributed by atoms with van der Waals surface area (Å²) in [5, 5.41) is 11.4. The van der Waals surface area contributed by atoms with Gasteiger partial charge in [0.05, 0.1) is 6.10 Å². The monoisotopic (exact) mass is 237 g/mol. The molecule has 1 amide bonds. The second-order valence-corrected chi connectivity index (χ2v) is 3.61. The Bertz CT molecular complexity index is 364. The van der Waals surface area contributed by atoms with E-state index in [1.807, 2.05) is 30.3 Å². The van der Waals surface area contributed by atoms with E-state index in [-0.39, 0.29) is 6.61 Å². The molecule has 1 aromatic carbocycles. The predicted octanol–water partition coefficient (Wildman–Crippen LogP) is 0.861. The minimum Gasteiger partial charge on any atom is -0.445 e. The van der Waals surface area contributed by atoms with Crippen LogP contribution < -0.4 is 5.32 Å². The van der Waals surface area contributed by atoms with Crippen LogP contribution in [0.25, 0.3) is 0 Å². The molecule has 1 aromatic rings. The van der Waals surface area contributed by atoms with Crippen molar-refractivity contribution < 1.29 is 19.4 Å². The minimum atomic E-state index is -0.947. The van der Waals surface area contributed by atoms with Crippen LogP contribution in [-0.2, 0) is 16.1 Å². The number of nitrogens with one attached hydrogen (secondary N) is 1. The number of alkyl carbamates (subject to hydrolysis) is 1. The van der Waals surface area contributed by atoms with Gasteiger partial charge in [-0.3, -0.25) is 0 Å². The Kier molecular flexibility index (Phi) is 5.16. The average Bonchev–Trinajstić information content (AvgIpc) is 2.34. The highest BCUT2D eigenvalue weighted by Gasteiger charge is 2.17. The van der Waals surface area contributed by atoms with Crippen LogP contribution in [0.15, 0.2) is 30.3 Å². The van der Waals surface area contributed by atoms with E-state index in [0.29, 0.717) is 6.29 Å². The standard InChI is InChI=1S/C12H15NO4/c1-9(15)11(7-14)13-12(16)17-8-10-5-3-2-4-6-10/h2-7,9,11,15H,8H2,1H3,(H,13,16)/t9-,11-/m1/s1. The number of benzene rings is 1. The molecular weight excluding hydrogens is 222 g/mol. The maximum atomic E-state index is 11.3. The van der Waals surface area contributed by atoms with Crippen molar-refractivity contribution in [1.82, 2.24) is 5.32 Å². The van der Waals surface area contributed by atoms with E-state index in [1.54, 1.807) is 0 Å². The normalized spacial score (nSPS) is 13.5. The Morgan fingerprint density at radius 3 is 2.65 bits per heavy atom. The topological polar surface area (TPSA) is 75.6 Å². The lowest BCUT2D eigenvalue weighted by Gasteiger charge is -2.15. The summed E-state index contributed by atoms with van der Waals surface area (Å²) >= 11 is 0. The second-order valence-electron chi connectivity index (χ2n) is 3.61. The molecule has 2 N–H and O–H groups in total. The van der Waals surface area contributed by atoms with Gasteiger partial charge in [0, 0.05) is 0 Å². The Morgan fingerprint density at radius 1 is 1.47 bits per heavy atom. The summed E-state index contributed by atoms with van der Waals surface area (Å²) in [4.78, 5) is 21.8. The van der Waals surface area contributed by atoms with Crippen molar-refractivity contribution in [2.45, 2.75) is 25.7 Å². The van der Waals surface area contributed by atoms with Crippen LogP contribution >= 0.6 is 0 Å². The molecule has 2 atom stereocenters. The van der Waals surface area contributed by atoms with Crippen LogP contribution in [0.5, 0.6) is 0 Å². The first-order chi connectivity index (χ1) is 8.13. The van der Waals surface area contributed by atoms with E-state index in [1.165, 1.54) is 6.92 Å². The smallest absolute Gasteiger partial charge is 0.408 e. The van der Waals surface area contributed by atoms with Crippen molar-refractivity contribution in [3.05, 3.63) is 35.9 Å². The van der Waals surface area contributed by atoms with Crippen molar-refractivity contribution in [2.75, 3.05) is 0 Å². The number of rotatable bonds is 5. The lowest BCUT2D eigenvalue weighted by atomic mass is 10.2. The fraction of sp³-hybridized carbons (Fsp3) is 0.333. The number of aliphatic hydroxyl groups is 1. The Labute approximate surface area is 99.4 Å². The Morgan fingerprint density at radius 2 is 2.12 bits per heavy atom. The SMILES string of the molecule is C[C@@H](O)[C@@H](C=O)NC(=O)OCc1ccccc1. The van der Waals surface area contributed by atoms with Crippen molar-refractivity contribution in [3.8, 4) is 0 Å². The summed E-state index contributed by atoms with van der Waals surface area (Å²) in [6, 6.07) is 8.22. The van der Waals surface area contributed by atoms with Crippen LogP contribution in [0.1, 0.15) is 12.5 Å². The lowest BCUT2D eigenvalue weighted by Crippen LogP contribution is -2.43. The molecule has 0 aliphatic carbocycles. The van der Waals surface area contributed by atoms with Crippen molar-refractivity contribution >= 4 is 12.4 Å². The molecule has 0 bridgehead atoms. The third-order valence-electron chi connectivity index (χ3n) is 2.16. The van der Waals surface area contributed by atoms with Gasteiger partial charge < -0.3 is 20.0 Å². The fourth-order valence-corrected chi connectivity index (χ4v) is 1.17. The molecule has 5 heteroatoms. The largest absolute Gasteiger partial charge is 0.445 e. The molecule has 0 spiro atoms. The molecule has 1 rings (SSSR count). The summed E-state index contributed by atoms with van der Waals surface area (Å²) < 4.78 is 4.89. The number of amides is 1. The molecule has 0 unspecified atom stereocenters. The molecule has 0 aliphatic heterocycles. The molecule has 0 aromatic heterocycles. The molecule has 92 valence electrons. The molecule has 0 saturated carbocycles. The highest BCUT2D eigenvalue weighted by molar-refractivity contribution is 5.73. The van der Waals surface area contributed by atoms with Gasteiger partial charge in [0.15, 0.2) is 0 Å². The first-order valence-electron chi connectivity index (χ1n) is 5.24. The van der Waals surface area contributed by atoms with Gasteiger partial charge >= 0.3 is 6.09 Å². The summed E-state index contributed by atoms with van der Waals surface area (Å²) in [7, 11) is 0. The first kappa shape index (κ1) is 13.2. The van der Waals surface area contributed by atoms with Crippen molar-refractivity contribution in [1.29, 1.82) is 0 Å². The highest BCUT2D eigenvalue weighted by atomic mass is 16.5. The number of aliphatic hydroxyl groups excluding tert-OH is 1. The van der Waals surface area contributed by atoms with Crippen LogP contribution in [0, 0.1) is 0 Å². The van der Waals surface area contributed by atoms with Gasteiger partial charge in [-0.25, -0.2) is 4.79 Å². The van der Waals surface area contributed by atoms with E-state index in [9.17, 15) is 9.59 Å². The molecule has 0 aliphatic rings. The van der Waals surface area contributed by atoms with Crippen LogP contribution in [0.3, 0.4) is 0 Å². The third kappa shape index (κ3) is 4.65. The van der Waals surface area contributed by atoms with Gasteiger partial charge in [0.2, 0.25) is 0 Å². The first-order valence-corrected chi connectivity index (χ1v) is 5.24. The van der Waals surface area contributed by atoms with Gasteiger partial charge in [-0.2, -0.15) is 0 Å². The van der Waals surface area contributed by atoms with E-state index >= 15 is 0 Å². The number of carbonyl (C=O) groups excluding carboxylic acids is 2. The van der Waals surface area contributed by atoms with Crippen LogP contribution in [0.2, 0.25) is 0 Å². The van der Waals surface area contributed by atoms with Crippen LogP contribution in [0.4, 0.5) is 4.79 Å². The number of hydrogen-bond acceptors (Lipinski definition) is 4. The molecule has 17 heavy (non-hydrogen) atoms. The zero-order valence-corrected chi connectivity index (χ0v) is 9.50. The molecule has 0 saturated heterocycles. The van der Waals surface area contributed by atoms with E-state index in [0.717, 1.165) is 5.56 Å². The molecule has 0 heterocycles. The van der Waals surface area contributed by atoms with E-state index in [2.05, 4.69) is 5.32 Å². The number of hydrogen-bond donors (Lipinski definition) is 2. The number of ether oxygens (including phenoxy) is 1. The van der Waals surface area contributed by atoms with E-state index in [4.69, 9.17) is 9.84 Å². The van der Waals surface area contributed by atoms with Gasteiger partial charge in [-0.15, -0.1) is 0 Å². The van der Waals surface area contributed by atoms with Crippen molar-refractivity contribution in [2.24, 2.45) is 0 Å². The summed E-state index contributed by atoms with van der Waals surface area (Å²) in [6.45, 7) is 1.54. The van der Waals surface area contributed by atoms with Gasteiger partial charge in [-0.05, 0) is 12.5 Å². The zero-order chi connectivity index (χ0) is 12.7. The van der Waals surface area contributed by atoms with Gasteiger partial charge in [0.1, 0.15) is 18.9 Å².